The average molecular weight is 298 g/mol. The molecular formula is C12H11FN2O4S. The molecule has 0 aromatic heterocycles. The predicted molar refractivity (Wildman–Crippen MR) is 72.1 cm³/mol. The molecule has 0 bridgehead atoms. The second-order valence-corrected chi connectivity index (χ2v) is 5.81. The number of carbonyl (C=O) groups excluding carboxylic acids is 2. The van der Waals surface area contributed by atoms with E-state index in [1.807, 2.05) is 0 Å². The molecule has 1 aromatic rings. The highest BCUT2D eigenvalue weighted by Gasteiger charge is 2.33. The molecule has 1 aliphatic heterocycles. The van der Waals surface area contributed by atoms with Gasteiger partial charge in [0.05, 0.1) is 10.6 Å². The summed E-state index contributed by atoms with van der Waals surface area (Å²) in [4.78, 5) is 34.1. The first kappa shape index (κ1) is 14.4. The normalized spacial score (nSPS) is 18.4. The largest absolute Gasteiger partial charge is 0.308 e. The number of thioether (sulfide) groups is 1. The smallest absolute Gasteiger partial charge is 0.271 e. The summed E-state index contributed by atoms with van der Waals surface area (Å²) >= 11 is 1.02. The number of rotatable bonds is 3. The van der Waals surface area contributed by atoms with E-state index in [4.69, 9.17) is 0 Å². The van der Waals surface area contributed by atoms with Crippen LogP contribution in [0.15, 0.2) is 18.2 Å². The van der Waals surface area contributed by atoms with E-state index in [-0.39, 0.29) is 40.6 Å². The van der Waals surface area contributed by atoms with Gasteiger partial charge in [0.15, 0.2) is 5.12 Å². The van der Waals surface area contributed by atoms with Gasteiger partial charge in [-0.15, -0.1) is 0 Å². The van der Waals surface area contributed by atoms with Crippen LogP contribution in [-0.2, 0) is 9.59 Å². The van der Waals surface area contributed by atoms with Gasteiger partial charge in [0.1, 0.15) is 5.82 Å². The van der Waals surface area contributed by atoms with Crippen LogP contribution in [0.2, 0.25) is 0 Å². The van der Waals surface area contributed by atoms with Crippen molar-refractivity contribution in [2.75, 3.05) is 11.4 Å². The average Bonchev–Trinajstić information content (AvgIpc) is 2.69. The van der Waals surface area contributed by atoms with Crippen molar-refractivity contribution in [3.63, 3.8) is 0 Å². The van der Waals surface area contributed by atoms with E-state index in [0.717, 1.165) is 34.9 Å². The lowest BCUT2D eigenvalue weighted by Crippen LogP contribution is -2.26. The van der Waals surface area contributed by atoms with Gasteiger partial charge < -0.3 is 4.90 Å². The van der Waals surface area contributed by atoms with Crippen molar-refractivity contribution in [2.45, 2.75) is 18.6 Å². The lowest BCUT2D eigenvalue weighted by molar-refractivity contribution is -0.384. The highest BCUT2D eigenvalue weighted by molar-refractivity contribution is 8.14. The summed E-state index contributed by atoms with van der Waals surface area (Å²) in [5.74, 6) is -1.04. The van der Waals surface area contributed by atoms with Gasteiger partial charge in [-0.2, -0.15) is 0 Å². The summed E-state index contributed by atoms with van der Waals surface area (Å²) in [6, 6.07) is 3.04. The third kappa shape index (κ3) is 2.96. The second kappa shape index (κ2) is 5.58. The molecule has 0 saturated carbocycles. The molecule has 1 atom stereocenters. The molecule has 0 aliphatic carbocycles. The quantitative estimate of drug-likeness (QED) is 0.630. The van der Waals surface area contributed by atoms with E-state index in [2.05, 4.69) is 0 Å². The van der Waals surface area contributed by atoms with Crippen LogP contribution in [-0.4, -0.2) is 27.7 Å². The van der Waals surface area contributed by atoms with Gasteiger partial charge in [-0.25, -0.2) is 4.39 Å². The SMILES string of the molecule is CC(=O)SC1CC(=O)N(c2cc([N+](=O)[O-])ccc2F)C1. The van der Waals surface area contributed by atoms with Gasteiger partial charge in [-0.05, 0) is 6.07 Å². The molecule has 8 heteroatoms. The number of carbonyl (C=O) groups is 2. The maximum Gasteiger partial charge on any atom is 0.271 e. The fourth-order valence-electron chi connectivity index (χ4n) is 2.04. The van der Waals surface area contributed by atoms with Crippen molar-refractivity contribution in [3.8, 4) is 0 Å². The van der Waals surface area contributed by atoms with Gasteiger partial charge in [0, 0.05) is 37.3 Å². The Bertz CT molecular complexity index is 593. The first-order valence-corrected chi connectivity index (χ1v) is 6.68. The Balaban J connectivity index is 2.27. The molecule has 1 fully saturated rings. The summed E-state index contributed by atoms with van der Waals surface area (Å²) in [6.45, 7) is 1.56. The summed E-state index contributed by atoms with van der Waals surface area (Å²) < 4.78 is 13.8. The number of amides is 1. The first-order valence-electron chi connectivity index (χ1n) is 5.80. The number of halogens is 1. The third-order valence-electron chi connectivity index (χ3n) is 2.85. The van der Waals surface area contributed by atoms with Gasteiger partial charge in [0.2, 0.25) is 5.91 Å². The maximum absolute atomic E-state index is 13.8. The minimum atomic E-state index is -0.697. The van der Waals surface area contributed by atoms with E-state index in [1.54, 1.807) is 0 Å². The molecule has 0 N–H and O–H groups in total. The van der Waals surface area contributed by atoms with Crippen molar-refractivity contribution in [1.82, 2.24) is 0 Å². The van der Waals surface area contributed by atoms with Crippen molar-refractivity contribution in [2.24, 2.45) is 0 Å². The molecule has 1 unspecified atom stereocenters. The molecule has 0 radical (unpaired) electrons. The molecule has 1 heterocycles. The minimum Gasteiger partial charge on any atom is -0.308 e. The van der Waals surface area contributed by atoms with E-state index >= 15 is 0 Å². The molecular weight excluding hydrogens is 287 g/mol. The minimum absolute atomic E-state index is 0.115. The number of benzene rings is 1. The highest BCUT2D eigenvalue weighted by atomic mass is 32.2. The van der Waals surface area contributed by atoms with E-state index in [1.165, 1.54) is 6.92 Å². The zero-order valence-corrected chi connectivity index (χ0v) is 11.4. The molecule has 1 aromatic carbocycles. The van der Waals surface area contributed by atoms with E-state index in [9.17, 15) is 24.1 Å². The lowest BCUT2D eigenvalue weighted by atomic mass is 10.2. The number of nitrogens with zero attached hydrogens (tertiary/aromatic N) is 2. The number of hydrogen-bond acceptors (Lipinski definition) is 5. The van der Waals surface area contributed by atoms with Gasteiger partial charge >= 0.3 is 0 Å². The summed E-state index contributed by atoms with van der Waals surface area (Å²) in [7, 11) is 0. The number of nitro benzene ring substituents is 1. The van der Waals surface area contributed by atoms with Crippen LogP contribution in [0, 0.1) is 15.9 Å². The van der Waals surface area contributed by atoms with E-state index in [0.29, 0.717) is 0 Å². The van der Waals surface area contributed by atoms with Gasteiger partial charge in [0.25, 0.3) is 5.69 Å². The number of anilines is 1. The molecule has 6 nitrogen and oxygen atoms in total. The van der Waals surface area contributed by atoms with Crippen LogP contribution in [0.5, 0.6) is 0 Å². The topological polar surface area (TPSA) is 80.5 Å². The van der Waals surface area contributed by atoms with Crippen LogP contribution in [0.3, 0.4) is 0 Å². The molecule has 106 valence electrons. The monoisotopic (exact) mass is 298 g/mol. The molecule has 2 rings (SSSR count). The van der Waals surface area contributed by atoms with Crippen molar-refractivity contribution < 1.29 is 18.9 Å². The number of nitro groups is 1. The van der Waals surface area contributed by atoms with E-state index < -0.39 is 10.7 Å². The maximum atomic E-state index is 13.8. The van der Waals surface area contributed by atoms with Crippen LogP contribution in [0.1, 0.15) is 13.3 Å². The third-order valence-corrected chi connectivity index (χ3v) is 3.83. The van der Waals surface area contributed by atoms with Crippen molar-refractivity contribution >= 4 is 34.2 Å². The molecule has 1 amide bonds. The zero-order valence-electron chi connectivity index (χ0n) is 10.5. The highest BCUT2D eigenvalue weighted by Crippen LogP contribution is 2.32. The molecule has 1 saturated heterocycles. The van der Waals surface area contributed by atoms with Crippen LogP contribution in [0.4, 0.5) is 15.8 Å². The molecule has 0 spiro atoms. The van der Waals surface area contributed by atoms with Gasteiger partial charge in [-0.3, -0.25) is 19.7 Å². The Labute approximate surface area is 118 Å². The zero-order chi connectivity index (χ0) is 14.9. The lowest BCUT2D eigenvalue weighted by Gasteiger charge is -2.16. The standard InChI is InChI=1S/C12H11FN2O4S/c1-7(16)20-9-5-12(17)14(6-9)11-4-8(15(18)19)2-3-10(11)13/h2-4,9H,5-6H2,1H3. The second-order valence-electron chi connectivity index (χ2n) is 4.33. The molecule has 20 heavy (non-hydrogen) atoms. The van der Waals surface area contributed by atoms with Crippen molar-refractivity contribution in [3.05, 3.63) is 34.1 Å². The summed E-state index contributed by atoms with van der Waals surface area (Å²) in [5.41, 5.74) is -0.396. The molecule has 1 aliphatic rings. The fraction of sp³-hybridized carbons (Fsp3) is 0.333. The van der Waals surface area contributed by atoms with Crippen LogP contribution < -0.4 is 4.90 Å². The van der Waals surface area contributed by atoms with Crippen molar-refractivity contribution in [1.29, 1.82) is 0 Å². The number of non-ortho nitro benzene ring substituents is 1. The Kier molecular flexibility index (Phi) is 4.03. The van der Waals surface area contributed by atoms with Crippen LogP contribution in [0.25, 0.3) is 0 Å². The predicted octanol–water partition coefficient (Wildman–Crippen LogP) is 2.12. The number of hydrogen-bond donors (Lipinski definition) is 0. The summed E-state index contributed by atoms with van der Waals surface area (Å²) in [6.07, 6.45) is 0.117. The Hall–Kier alpha value is -1.96. The Morgan fingerprint density at radius 2 is 2.25 bits per heavy atom. The Morgan fingerprint density at radius 3 is 2.85 bits per heavy atom. The van der Waals surface area contributed by atoms with Gasteiger partial charge in [-0.1, -0.05) is 11.8 Å². The van der Waals surface area contributed by atoms with Crippen LogP contribution >= 0.6 is 11.8 Å². The first-order chi connectivity index (χ1) is 9.38. The Morgan fingerprint density at radius 1 is 1.55 bits per heavy atom. The fourth-order valence-corrected chi connectivity index (χ4v) is 2.96. The summed E-state index contributed by atoms with van der Waals surface area (Å²) in [5, 5.41) is 10.3.